The van der Waals surface area contributed by atoms with Gasteiger partial charge in [0, 0.05) is 30.6 Å². The van der Waals surface area contributed by atoms with Crippen molar-refractivity contribution in [3.8, 4) is 0 Å². The minimum atomic E-state index is -0.139. The molecule has 1 aliphatic heterocycles. The molecule has 3 aromatic rings. The van der Waals surface area contributed by atoms with E-state index in [1.54, 1.807) is 17.4 Å². The van der Waals surface area contributed by atoms with Gasteiger partial charge in [-0.05, 0) is 29.1 Å². The third-order valence-electron chi connectivity index (χ3n) is 4.67. The maximum atomic E-state index is 12.5. The molecule has 2 N–H and O–H groups in total. The Bertz CT molecular complexity index is 882. The van der Waals surface area contributed by atoms with E-state index >= 15 is 0 Å². The minimum Gasteiger partial charge on any atom is -0.353 e. The fourth-order valence-electron chi connectivity index (χ4n) is 3.26. The lowest BCUT2D eigenvalue weighted by Crippen LogP contribution is -2.46. The van der Waals surface area contributed by atoms with Crippen LogP contribution in [0.4, 0.5) is 5.82 Å². The monoisotopic (exact) mass is 378 g/mol. The summed E-state index contributed by atoms with van der Waals surface area (Å²) >= 11 is 1.63. The Labute approximate surface area is 163 Å². The molecule has 0 bridgehead atoms. The van der Waals surface area contributed by atoms with Crippen molar-refractivity contribution in [1.29, 1.82) is 0 Å². The van der Waals surface area contributed by atoms with Crippen LogP contribution >= 0.6 is 11.3 Å². The number of thiophene rings is 1. The zero-order valence-corrected chi connectivity index (χ0v) is 15.8. The molecule has 0 unspecified atom stereocenters. The number of carbonyl (C=O) groups excluding carboxylic acids is 1. The number of amides is 1. The molecule has 3 heterocycles. The van der Waals surface area contributed by atoms with Crippen molar-refractivity contribution in [2.75, 3.05) is 24.5 Å². The summed E-state index contributed by atoms with van der Waals surface area (Å²) in [5.74, 6) is 0.709. The summed E-state index contributed by atoms with van der Waals surface area (Å²) in [7, 11) is 0. The second kappa shape index (κ2) is 8.33. The van der Waals surface area contributed by atoms with Crippen molar-refractivity contribution in [2.24, 2.45) is 0 Å². The van der Waals surface area contributed by atoms with Gasteiger partial charge in [-0.1, -0.05) is 42.5 Å². The molecule has 1 aromatic carbocycles. The SMILES string of the molecule is O=C(NCc1cccs1)c1cccc(N2CCN[C@@H](c3ccccc3)C2)n1. The van der Waals surface area contributed by atoms with Crippen molar-refractivity contribution in [2.45, 2.75) is 12.6 Å². The molecule has 4 rings (SSSR count). The number of nitrogens with one attached hydrogen (secondary N) is 2. The quantitative estimate of drug-likeness (QED) is 0.716. The molecular formula is C21H22N4OS. The van der Waals surface area contributed by atoms with Gasteiger partial charge in [0.05, 0.1) is 6.54 Å². The van der Waals surface area contributed by atoms with Gasteiger partial charge in [-0.25, -0.2) is 4.98 Å². The third kappa shape index (κ3) is 4.35. The molecule has 1 aliphatic rings. The van der Waals surface area contributed by atoms with Gasteiger partial charge in [0.25, 0.3) is 5.91 Å². The number of benzene rings is 1. The first-order valence-electron chi connectivity index (χ1n) is 9.10. The van der Waals surface area contributed by atoms with E-state index in [0.29, 0.717) is 12.2 Å². The van der Waals surface area contributed by atoms with Crippen LogP contribution in [0.1, 0.15) is 27.0 Å². The second-order valence-electron chi connectivity index (χ2n) is 6.51. The third-order valence-corrected chi connectivity index (χ3v) is 5.55. The summed E-state index contributed by atoms with van der Waals surface area (Å²) in [5.41, 5.74) is 1.73. The van der Waals surface area contributed by atoms with E-state index in [9.17, 15) is 4.79 Å². The van der Waals surface area contributed by atoms with Crippen LogP contribution in [-0.2, 0) is 6.54 Å². The number of aromatic nitrogens is 1. The van der Waals surface area contributed by atoms with Crippen LogP contribution in [0.5, 0.6) is 0 Å². The van der Waals surface area contributed by atoms with E-state index in [1.165, 1.54) is 5.56 Å². The van der Waals surface area contributed by atoms with Gasteiger partial charge >= 0.3 is 0 Å². The van der Waals surface area contributed by atoms with Crippen molar-refractivity contribution >= 4 is 23.1 Å². The van der Waals surface area contributed by atoms with E-state index in [0.717, 1.165) is 30.3 Å². The van der Waals surface area contributed by atoms with Crippen LogP contribution in [-0.4, -0.2) is 30.5 Å². The molecule has 1 saturated heterocycles. The average Bonchev–Trinajstić information content (AvgIpc) is 3.26. The summed E-state index contributed by atoms with van der Waals surface area (Å²) in [6.45, 7) is 3.12. The first-order chi connectivity index (χ1) is 13.3. The molecule has 1 atom stereocenters. The standard InChI is InChI=1S/C21H22N4OS/c26-21(23-14-17-8-5-13-27-17)18-9-4-10-20(24-18)25-12-11-22-19(15-25)16-6-2-1-3-7-16/h1-10,13,19,22H,11-12,14-15H2,(H,23,26)/t19-/m1/s1. The van der Waals surface area contributed by atoms with Gasteiger partial charge < -0.3 is 15.5 Å². The first-order valence-corrected chi connectivity index (χ1v) is 9.98. The number of piperazine rings is 1. The van der Waals surface area contributed by atoms with Crippen LogP contribution in [0.25, 0.3) is 0 Å². The zero-order valence-electron chi connectivity index (χ0n) is 15.0. The normalized spacial score (nSPS) is 16.9. The fraction of sp³-hybridized carbons (Fsp3) is 0.238. The van der Waals surface area contributed by atoms with Crippen molar-refractivity contribution in [1.82, 2.24) is 15.6 Å². The van der Waals surface area contributed by atoms with Crippen molar-refractivity contribution in [3.63, 3.8) is 0 Å². The van der Waals surface area contributed by atoms with Gasteiger partial charge in [0.15, 0.2) is 0 Å². The molecule has 6 heteroatoms. The average molecular weight is 379 g/mol. The van der Waals surface area contributed by atoms with Crippen LogP contribution in [0.3, 0.4) is 0 Å². The molecule has 27 heavy (non-hydrogen) atoms. The van der Waals surface area contributed by atoms with Gasteiger partial charge in [0.1, 0.15) is 11.5 Å². The lowest BCUT2D eigenvalue weighted by Gasteiger charge is -2.34. The van der Waals surface area contributed by atoms with Gasteiger partial charge in [-0.15, -0.1) is 11.3 Å². The first kappa shape index (κ1) is 17.7. The van der Waals surface area contributed by atoms with Gasteiger partial charge in [-0.3, -0.25) is 4.79 Å². The highest BCUT2D eigenvalue weighted by Gasteiger charge is 2.22. The molecule has 1 amide bonds. The lowest BCUT2D eigenvalue weighted by molar-refractivity contribution is 0.0946. The van der Waals surface area contributed by atoms with Crippen LogP contribution in [0, 0.1) is 0 Å². The summed E-state index contributed by atoms with van der Waals surface area (Å²) in [4.78, 5) is 20.4. The van der Waals surface area contributed by atoms with E-state index in [1.807, 2.05) is 35.7 Å². The molecule has 0 radical (unpaired) electrons. The van der Waals surface area contributed by atoms with Crippen LogP contribution in [0.15, 0.2) is 66.0 Å². The Balaban J connectivity index is 1.44. The van der Waals surface area contributed by atoms with E-state index in [4.69, 9.17) is 0 Å². The Kier molecular flexibility index (Phi) is 5.46. The molecule has 2 aromatic heterocycles. The Morgan fingerprint density at radius 1 is 1.15 bits per heavy atom. The Morgan fingerprint density at radius 3 is 2.85 bits per heavy atom. The maximum Gasteiger partial charge on any atom is 0.270 e. The second-order valence-corrected chi connectivity index (χ2v) is 7.54. The topological polar surface area (TPSA) is 57.3 Å². The summed E-state index contributed by atoms with van der Waals surface area (Å²) < 4.78 is 0. The predicted octanol–water partition coefficient (Wildman–Crippen LogP) is 3.22. The predicted molar refractivity (Wildman–Crippen MR) is 109 cm³/mol. The van der Waals surface area contributed by atoms with Gasteiger partial charge in [0.2, 0.25) is 0 Å². The molecule has 5 nitrogen and oxygen atoms in total. The Hall–Kier alpha value is -2.70. The number of rotatable bonds is 5. The highest BCUT2D eigenvalue weighted by atomic mass is 32.1. The van der Waals surface area contributed by atoms with Gasteiger partial charge in [-0.2, -0.15) is 0 Å². The van der Waals surface area contributed by atoms with E-state index in [-0.39, 0.29) is 11.9 Å². The number of hydrogen-bond acceptors (Lipinski definition) is 5. The summed E-state index contributed by atoms with van der Waals surface area (Å²) in [5, 5.41) is 8.51. The largest absolute Gasteiger partial charge is 0.353 e. The van der Waals surface area contributed by atoms with Crippen molar-refractivity contribution in [3.05, 3.63) is 82.2 Å². The molecule has 0 spiro atoms. The minimum absolute atomic E-state index is 0.139. The number of nitrogens with zero attached hydrogens (tertiary/aromatic N) is 2. The number of pyridine rings is 1. The summed E-state index contributed by atoms with van der Waals surface area (Å²) in [6, 6.07) is 20.3. The maximum absolute atomic E-state index is 12.5. The zero-order chi connectivity index (χ0) is 18.5. The lowest BCUT2D eigenvalue weighted by atomic mass is 10.0. The van der Waals surface area contributed by atoms with E-state index in [2.05, 4.69) is 44.8 Å². The van der Waals surface area contributed by atoms with Crippen LogP contribution < -0.4 is 15.5 Å². The van der Waals surface area contributed by atoms with Crippen LogP contribution in [0.2, 0.25) is 0 Å². The molecule has 138 valence electrons. The van der Waals surface area contributed by atoms with E-state index < -0.39 is 0 Å². The number of carbonyl (C=O) groups is 1. The Morgan fingerprint density at radius 2 is 2.04 bits per heavy atom. The smallest absolute Gasteiger partial charge is 0.270 e. The number of anilines is 1. The molecule has 1 fully saturated rings. The highest BCUT2D eigenvalue weighted by Crippen LogP contribution is 2.21. The van der Waals surface area contributed by atoms with Crippen molar-refractivity contribution < 1.29 is 4.79 Å². The number of hydrogen-bond donors (Lipinski definition) is 2. The summed E-state index contributed by atoms with van der Waals surface area (Å²) in [6.07, 6.45) is 0. The fourth-order valence-corrected chi connectivity index (χ4v) is 3.91. The molecular weight excluding hydrogens is 356 g/mol. The molecule has 0 saturated carbocycles. The highest BCUT2D eigenvalue weighted by molar-refractivity contribution is 7.09. The molecule has 0 aliphatic carbocycles.